The van der Waals surface area contributed by atoms with E-state index in [2.05, 4.69) is 57.4 Å². The molecular formula is C14H24N2O. The van der Waals surface area contributed by atoms with Crippen molar-refractivity contribution in [2.45, 2.75) is 39.8 Å². The Morgan fingerprint density at radius 3 is 2.06 bits per heavy atom. The van der Waals surface area contributed by atoms with E-state index in [-0.39, 0.29) is 17.6 Å². The van der Waals surface area contributed by atoms with Crippen LogP contribution in [0.2, 0.25) is 0 Å². The number of hydrogen-bond donors (Lipinski definition) is 2. The number of nitrogens with two attached hydrogens (primary N) is 1. The van der Waals surface area contributed by atoms with E-state index in [0.717, 1.165) is 5.56 Å². The minimum absolute atomic E-state index is 0.000556. The third kappa shape index (κ3) is 3.53. The van der Waals surface area contributed by atoms with E-state index in [9.17, 15) is 0 Å². The quantitative estimate of drug-likeness (QED) is 0.624. The Bertz CT molecular complexity index is 340. The Kier molecular flexibility index (Phi) is 4.69. The molecule has 1 rings (SSSR count). The van der Waals surface area contributed by atoms with Gasteiger partial charge in [-0.05, 0) is 17.9 Å². The van der Waals surface area contributed by atoms with Crippen molar-refractivity contribution < 1.29 is 4.74 Å². The highest BCUT2D eigenvalue weighted by Gasteiger charge is 2.32. The van der Waals surface area contributed by atoms with Gasteiger partial charge in [0.15, 0.2) is 0 Å². The third-order valence-corrected chi connectivity index (χ3v) is 3.03. The number of aryl methyl sites for hydroxylation is 1. The Balaban J connectivity index is 3.01. The summed E-state index contributed by atoms with van der Waals surface area (Å²) in [4.78, 5) is 0. The van der Waals surface area contributed by atoms with Crippen LogP contribution in [-0.4, -0.2) is 13.2 Å². The lowest BCUT2D eigenvalue weighted by Crippen LogP contribution is -2.44. The van der Waals surface area contributed by atoms with Crippen molar-refractivity contribution in [1.29, 1.82) is 0 Å². The molecule has 0 radical (unpaired) electrons. The molecule has 0 aromatic heterocycles. The summed E-state index contributed by atoms with van der Waals surface area (Å²) in [7, 11) is 1.73. The van der Waals surface area contributed by atoms with Gasteiger partial charge in [0.2, 0.25) is 0 Å². The fourth-order valence-corrected chi connectivity index (χ4v) is 2.12. The second-order valence-corrected chi connectivity index (χ2v) is 5.58. The van der Waals surface area contributed by atoms with Crippen LogP contribution in [-0.2, 0) is 4.74 Å². The first-order valence-electron chi connectivity index (χ1n) is 5.95. The van der Waals surface area contributed by atoms with Gasteiger partial charge in [-0.3, -0.25) is 11.3 Å². The van der Waals surface area contributed by atoms with Gasteiger partial charge >= 0.3 is 0 Å². The molecule has 0 fully saturated rings. The van der Waals surface area contributed by atoms with Gasteiger partial charge in [0, 0.05) is 7.11 Å². The van der Waals surface area contributed by atoms with Gasteiger partial charge in [0.05, 0.1) is 12.1 Å². The van der Waals surface area contributed by atoms with Crippen molar-refractivity contribution in [3.05, 3.63) is 35.4 Å². The van der Waals surface area contributed by atoms with Crippen LogP contribution >= 0.6 is 0 Å². The lowest BCUT2D eigenvalue weighted by molar-refractivity contribution is -0.0120. The standard InChI is InChI=1S/C14H24N2O/c1-10-6-8-11(9-7-10)12(16-15)13(17-5)14(2,3)4/h6-9,12-13,16H,15H2,1-5H3. The fourth-order valence-electron chi connectivity index (χ4n) is 2.12. The molecule has 0 saturated carbocycles. The lowest BCUT2D eigenvalue weighted by atomic mass is 9.82. The predicted octanol–water partition coefficient (Wildman–Crippen LogP) is 2.56. The maximum absolute atomic E-state index is 5.69. The van der Waals surface area contributed by atoms with Gasteiger partial charge in [0.1, 0.15) is 0 Å². The van der Waals surface area contributed by atoms with Crippen molar-refractivity contribution in [2.24, 2.45) is 11.3 Å². The molecule has 0 bridgehead atoms. The maximum Gasteiger partial charge on any atom is 0.0827 e. The van der Waals surface area contributed by atoms with E-state index in [0.29, 0.717) is 0 Å². The number of ether oxygens (including phenoxy) is 1. The second kappa shape index (κ2) is 5.63. The minimum Gasteiger partial charge on any atom is -0.379 e. The van der Waals surface area contributed by atoms with Crippen LogP contribution in [0.15, 0.2) is 24.3 Å². The van der Waals surface area contributed by atoms with Gasteiger partial charge < -0.3 is 4.74 Å². The van der Waals surface area contributed by atoms with Crippen LogP contribution in [0.5, 0.6) is 0 Å². The highest BCUT2D eigenvalue weighted by Crippen LogP contribution is 2.32. The molecule has 17 heavy (non-hydrogen) atoms. The zero-order valence-electron chi connectivity index (χ0n) is 11.4. The van der Waals surface area contributed by atoms with Crippen molar-refractivity contribution >= 4 is 0 Å². The van der Waals surface area contributed by atoms with Crippen LogP contribution in [0.25, 0.3) is 0 Å². The van der Waals surface area contributed by atoms with Crippen LogP contribution in [0, 0.1) is 12.3 Å². The van der Waals surface area contributed by atoms with E-state index in [1.807, 2.05) is 0 Å². The van der Waals surface area contributed by atoms with Gasteiger partial charge in [-0.2, -0.15) is 0 Å². The first kappa shape index (κ1) is 14.2. The summed E-state index contributed by atoms with van der Waals surface area (Å²) in [5.41, 5.74) is 5.29. The highest BCUT2D eigenvalue weighted by atomic mass is 16.5. The van der Waals surface area contributed by atoms with Crippen LogP contribution < -0.4 is 11.3 Å². The minimum atomic E-state index is 0.000556. The summed E-state index contributed by atoms with van der Waals surface area (Å²) in [6.07, 6.45) is 0.0233. The molecule has 3 nitrogen and oxygen atoms in total. The van der Waals surface area contributed by atoms with E-state index in [1.165, 1.54) is 5.56 Å². The number of rotatable bonds is 4. The number of nitrogens with one attached hydrogen (secondary N) is 1. The number of hydrogen-bond acceptors (Lipinski definition) is 3. The van der Waals surface area contributed by atoms with Gasteiger partial charge in [-0.1, -0.05) is 50.6 Å². The molecular weight excluding hydrogens is 212 g/mol. The molecule has 0 aliphatic heterocycles. The zero-order chi connectivity index (χ0) is 13.1. The fraction of sp³-hybridized carbons (Fsp3) is 0.571. The van der Waals surface area contributed by atoms with Crippen molar-refractivity contribution in [1.82, 2.24) is 5.43 Å². The molecule has 0 aliphatic carbocycles. The zero-order valence-corrected chi connectivity index (χ0v) is 11.4. The number of methoxy groups -OCH3 is 1. The summed E-state index contributed by atoms with van der Waals surface area (Å²) < 4.78 is 5.61. The van der Waals surface area contributed by atoms with Crippen molar-refractivity contribution in [3.63, 3.8) is 0 Å². The smallest absolute Gasteiger partial charge is 0.0827 e. The SMILES string of the molecule is COC(C(NN)c1ccc(C)cc1)C(C)(C)C. The van der Waals surface area contributed by atoms with Gasteiger partial charge in [0.25, 0.3) is 0 Å². The van der Waals surface area contributed by atoms with Crippen molar-refractivity contribution in [3.8, 4) is 0 Å². The third-order valence-electron chi connectivity index (χ3n) is 3.03. The summed E-state index contributed by atoms with van der Waals surface area (Å²) >= 11 is 0. The second-order valence-electron chi connectivity index (χ2n) is 5.58. The van der Waals surface area contributed by atoms with Gasteiger partial charge in [-0.15, -0.1) is 0 Å². The van der Waals surface area contributed by atoms with Gasteiger partial charge in [-0.25, -0.2) is 0 Å². The van der Waals surface area contributed by atoms with E-state index < -0.39 is 0 Å². The number of benzene rings is 1. The summed E-state index contributed by atoms with van der Waals surface area (Å²) in [5.74, 6) is 5.69. The molecule has 3 N–H and O–H groups in total. The molecule has 2 atom stereocenters. The molecule has 3 heteroatoms. The Labute approximate surface area is 104 Å². The van der Waals surface area contributed by atoms with E-state index in [4.69, 9.17) is 10.6 Å². The van der Waals surface area contributed by atoms with Crippen LogP contribution in [0.3, 0.4) is 0 Å². The average Bonchev–Trinajstić information content (AvgIpc) is 2.25. The molecule has 2 unspecified atom stereocenters. The Morgan fingerprint density at radius 1 is 1.18 bits per heavy atom. The highest BCUT2D eigenvalue weighted by molar-refractivity contribution is 5.25. The molecule has 0 saturated heterocycles. The molecule has 0 heterocycles. The van der Waals surface area contributed by atoms with Crippen molar-refractivity contribution in [2.75, 3.05) is 7.11 Å². The average molecular weight is 236 g/mol. The molecule has 0 spiro atoms. The van der Waals surface area contributed by atoms with Crippen LogP contribution in [0.1, 0.15) is 37.9 Å². The first-order valence-corrected chi connectivity index (χ1v) is 5.95. The summed E-state index contributed by atoms with van der Waals surface area (Å²) in [5, 5.41) is 0. The molecule has 0 amide bonds. The predicted molar refractivity (Wildman–Crippen MR) is 71.5 cm³/mol. The Hall–Kier alpha value is -0.900. The normalized spacial score (nSPS) is 15.6. The van der Waals surface area contributed by atoms with Crippen LogP contribution in [0.4, 0.5) is 0 Å². The van der Waals surface area contributed by atoms with E-state index in [1.54, 1.807) is 7.11 Å². The molecule has 1 aromatic carbocycles. The summed E-state index contributed by atoms with van der Waals surface area (Å²) in [6.45, 7) is 8.53. The molecule has 1 aromatic rings. The van der Waals surface area contributed by atoms with E-state index >= 15 is 0 Å². The topological polar surface area (TPSA) is 47.3 Å². The molecule has 96 valence electrons. The largest absolute Gasteiger partial charge is 0.379 e. The monoisotopic (exact) mass is 236 g/mol. The summed E-state index contributed by atoms with van der Waals surface area (Å²) in [6, 6.07) is 8.37. The lowest BCUT2D eigenvalue weighted by Gasteiger charge is -2.35. The molecule has 0 aliphatic rings. The Morgan fingerprint density at radius 2 is 1.71 bits per heavy atom. The number of hydrazine groups is 1. The maximum atomic E-state index is 5.69. The first-order chi connectivity index (χ1) is 7.90.